The van der Waals surface area contributed by atoms with E-state index in [1.807, 2.05) is 24.3 Å². The average molecular weight is 385 g/mol. The second kappa shape index (κ2) is 7.43. The topological polar surface area (TPSA) is 49.8 Å². The molecule has 1 aliphatic heterocycles. The maximum absolute atomic E-state index is 13.1. The Bertz CT molecular complexity index is 664. The number of ether oxygens (including phenoxy) is 1. The lowest BCUT2D eigenvalue weighted by Crippen LogP contribution is -2.46. The highest BCUT2D eigenvalue weighted by atomic mass is 19.4. The maximum Gasteiger partial charge on any atom is 0.411 e. The number of carbonyl (C=O) groups excluding carboxylic acids is 1. The summed E-state index contributed by atoms with van der Waals surface area (Å²) in [4.78, 5) is 14.9. The van der Waals surface area contributed by atoms with Crippen molar-refractivity contribution in [2.45, 2.75) is 57.2 Å². The van der Waals surface area contributed by atoms with Crippen LogP contribution in [-0.4, -0.2) is 42.5 Å². The second-order valence-electron chi connectivity index (χ2n) is 7.84. The van der Waals surface area contributed by atoms with Crippen molar-refractivity contribution in [3.8, 4) is 0 Å². The highest BCUT2D eigenvalue weighted by Gasteiger charge is 2.51. The quantitative estimate of drug-likeness (QED) is 0.838. The molecule has 3 rings (SSSR count). The van der Waals surface area contributed by atoms with E-state index in [0.717, 1.165) is 12.1 Å². The predicted molar refractivity (Wildman–Crippen MR) is 95.5 cm³/mol. The summed E-state index contributed by atoms with van der Waals surface area (Å²) >= 11 is 0. The van der Waals surface area contributed by atoms with Crippen LogP contribution >= 0.6 is 0 Å². The van der Waals surface area contributed by atoms with E-state index in [1.54, 1.807) is 4.90 Å². The van der Waals surface area contributed by atoms with Crippen LogP contribution in [-0.2, 0) is 16.0 Å². The summed E-state index contributed by atoms with van der Waals surface area (Å²) in [6.07, 6.45) is -1.25. The normalized spacial score (nSPS) is 28.9. The van der Waals surface area contributed by atoms with Gasteiger partial charge in [-0.1, -0.05) is 19.1 Å². The number of nitrogens with zero attached hydrogens (tertiary/aromatic N) is 1. The Labute approximate surface area is 157 Å². The van der Waals surface area contributed by atoms with Crippen LogP contribution in [0.1, 0.15) is 44.6 Å². The van der Waals surface area contributed by atoms with Gasteiger partial charge >= 0.3 is 6.18 Å². The van der Waals surface area contributed by atoms with E-state index < -0.39 is 23.8 Å². The summed E-state index contributed by atoms with van der Waals surface area (Å²) in [7, 11) is 0. The van der Waals surface area contributed by atoms with Gasteiger partial charge < -0.3 is 14.7 Å². The third-order valence-electron chi connectivity index (χ3n) is 5.94. The standard InChI is InChI=1S/C20H26F3NO3/c1-2-15-3-5-16(6-4-15)24-12-11-18(17(24)25)7-9-19(26,10-8-18)13-27-14-20(21,22)23/h3-6,26H,2,7-14H2,1H3. The van der Waals surface area contributed by atoms with Crippen molar-refractivity contribution in [1.29, 1.82) is 0 Å². The van der Waals surface area contributed by atoms with Crippen molar-refractivity contribution in [3.63, 3.8) is 0 Å². The van der Waals surface area contributed by atoms with Gasteiger partial charge in [-0.05, 0) is 56.2 Å². The lowest BCUT2D eigenvalue weighted by Gasteiger charge is -2.40. The third kappa shape index (κ3) is 4.46. The first-order chi connectivity index (χ1) is 12.7. The van der Waals surface area contributed by atoms with Crippen molar-refractivity contribution in [1.82, 2.24) is 0 Å². The van der Waals surface area contributed by atoms with Crippen LogP contribution in [0.25, 0.3) is 0 Å². The number of hydrogen-bond donors (Lipinski definition) is 1. The molecule has 1 aromatic rings. The Hall–Kier alpha value is -1.60. The molecule has 1 aliphatic carbocycles. The molecule has 1 saturated heterocycles. The average Bonchev–Trinajstić information content (AvgIpc) is 2.94. The zero-order valence-corrected chi connectivity index (χ0v) is 15.5. The largest absolute Gasteiger partial charge is 0.411 e. The molecule has 1 amide bonds. The van der Waals surface area contributed by atoms with Crippen LogP contribution in [0.15, 0.2) is 24.3 Å². The molecule has 1 aromatic carbocycles. The fourth-order valence-electron chi connectivity index (χ4n) is 4.14. The summed E-state index contributed by atoms with van der Waals surface area (Å²) in [6, 6.07) is 7.95. The fraction of sp³-hybridized carbons (Fsp3) is 0.650. The fourth-order valence-corrected chi connectivity index (χ4v) is 4.14. The summed E-state index contributed by atoms with van der Waals surface area (Å²) < 4.78 is 41.3. The molecule has 1 N–H and O–H groups in total. The van der Waals surface area contributed by atoms with Gasteiger partial charge in [0.15, 0.2) is 0 Å². The molecule has 1 heterocycles. The molecule has 1 spiro atoms. The van der Waals surface area contributed by atoms with Crippen molar-refractivity contribution in [3.05, 3.63) is 29.8 Å². The monoisotopic (exact) mass is 385 g/mol. The molecule has 0 unspecified atom stereocenters. The summed E-state index contributed by atoms with van der Waals surface area (Å²) in [6.45, 7) is 1.000. The van der Waals surface area contributed by atoms with E-state index in [9.17, 15) is 23.1 Å². The van der Waals surface area contributed by atoms with Crippen molar-refractivity contribution >= 4 is 11.6 Å². The van der Waals surface area contributed by atoms with Crippen LogP contribution in [0.5, 0.6) is 0 Å². The van der Waals surface area contributed by atoms with Gasteiger partial charge in [-0.3, -0.25) is 4.79 Å². The summed E-state index contributed by atoms with van der Waals surface area (Å²) in [5.74, 6) is 0.0602. The van der Waals surface area contributed by atoms with E-state index in [0.29, 0.717) is 25.8 Å². The minimum Gasteiger partial charge on any atom is -0.387 e. The number of halogens is 3. The molecule has 2 fully saturated rings. The first kappa shape index (κ1) is 20.1. The van der Waals surface area contributed by atoms with E-state index in [2.05, 4.69) is 11.7 Å². The van der Waals surface area contributed by atoms with Gasteiger partial charge in [0.25, 0.3) is 0 Å². The third-order valence-corrected chi connectivity index (χ3v) is 5.94. The first-order valence-electron chi connectivity index (χ1n) is 9.44. The highest BCUT2D eigenvalue weighted by Crippen LogP contribution is 2.48. The number of aryl methyl sites for hydroxylation is 1. The van der Waals surface area contributed by atoms with Crippen LogP contribution in [0.4, 0.5) is 18.9 Å². The van der Waals surface area contributed by atoms with E-state index in [-0.39, 0.29) is 25.4 Å². The number of alkyl halides is 3. The Balaban J connectivity index is 1.60. The van der Waals surface area contributed by atoms with Crippen molar-refractivity contribution in [2.75, 3.05) is 24.7 Å². The van der Waals surface area contributed by atoms with Gasteiger partial charge in [0.1, 0.15) is 6.61 Å². The molecule has 4 nitrogen and oxygen atoms in total. The molecule has 2 aliphatic rings. The summed E-state index contributed by atoms with van der Waals surface area (Å²) in [5, 5.41) is 10.5. The number of hydrogen-bond acceptors (Lipinski definition) is 3. The Kier molecular flexibility index (Phi) is 5.54. The molecule has 0 atom stereocenters. The molecule has 1 saturated carbocycles. The lowest BCUT2D eigenvalue weighted by atomic mass is 9.68. The minimum absolute atomic E-state index is 0.0602. The van der Waals surface area contributed by atoms with Crippen LogP contribution in [0.3, 0.4) is 0 Å². The molecule has 0 aromatic heterocycles. The molecule has 150 valence electrons. The predicted octanol–water partition coefficient (Wildman–Crippen LogP) is 3.86. The van der Waals surface area contributed by atoms with E-state index >= 15 is 0 Å². The zero-order valence-electron chi connectivity index (χ0n) is 15.5. The van der Waals surface area contributed by atoms with Gasteiger partial charge in [0, 0.05) is 12.2 Å². The molecular formula is C20H26F3NO3. The van der Waals surface area contributed by atoms with E-state index in [1.165, 1.54) is 5.56 Å². The van der Waals surface area contributed by atoms with E-state index in [4.69, 9.17) is 0 Å². The number of amides is 1. The smallest absolute Gasteiger partial charge is 0.387 e. The van der Waals surface area contributed by atoms with Gasteiger partial charge in [-0.2, -0.15) is 13.2 Å². The molecule has 0 bridgehead atoms. The Morgan fingerprint density at radius 1 is 1.11 bits per heavy atom. The number of rotatable bonds is 5. The van der Waals surface area contributed by atoms with Crippen LogP contribution < -0.4 is 4.90 Å². The van der Waals surface area contributed by atoms with Crippen LogP contribution in [0, 0.1) is 5.41 Å². The Morgan fingerprint density at radius 2 is 1.74 bits per heavy atom. The molecule has 0 radical (unpaired) electrons. The SMILES string of the molecule is CCc1ccc(N2CCC3(CCC(O)(COCC(F)(F)F)CC3)C2=O)cc1. The number of anilines is 1. The lowest BCUT2D eigenvalue weighted by molar-refractivity contribution is -0.191. The van der Waals surface area contributed by atoms with Crippen LogP contribution in [0.2, 0.25) is 0 Å². The Morgan fingerprint density at radius 3 is 2.30 bits per heavy atom. The van der Waals surface area contributed by atoms with Crippen molar-refractivity contribution in [2.24, 2.45) is 5.41 Å². The number of carbonyl (C=O) groups is 1. The second-order valence-corrected chi connectivity index (χ2v) is 7.84. The molecular weight excluding hydrogens is 359 g/mol. The molecule has 7 heteroatoms. The minimum atomic E-state index is -4.40. The molecule has 27 heavy (non-hydrogen) atoms. The van der Waals surface area contributed by atoms with Gasteiger partial charge in [-0.15, -0.1) is 0 Å². The van der Waals surface area contributed by atoms with Gasteiger partial charge in [-0.25, -0.2) is 0 Å². The van der Waals surface area contributed by atoms with Gasteiger partial charge in [0.2, 0.25) is 5.91 Å². The number of benzene rings is 1. The highest BCUT2D eigenvalue weighted by molar-refractivity contribution is 6.00. The first-order valence-corrected chi connectivity index (χ1v) is 9.44. The maximum atomic E-state index is 13.1. The van der Waals surface area contributed by atoms with Crippen molar-refractivity contribution < 1.29 is 27.8 Å². The zero-order chi connectivity index (χ0) is 19.7. The summed E-state index contributed by atoms with van der Waals surface area (Å²) in [5.41, 5.74) is 0.289. The number of aliphatic hydroxyl groups is 1. The van der Waals surface area contributed by atoms with Gasteiger partial charge in [0.05, 0.1) is 17.6 Å².